The zero-order valence-electron chi connectivity index (χ0n) is 15.6. The summed E-state index contributed by atoms with van der Waals surface area (Å²) in [5, 5.41) is 15.7. The van der Waals surface area contributed by atoms with Gasteiger partial charge in [-0.2, -0.15) is 5.10 Å². The number of fused-ring (bicyclic) bond motifs is 1. The SMILES string of the molecule is C[C@@H]1CCC[C@H](C)N1CC(=O)N1CCn2nc(C(=O)NCCO)cc2C1. The molecule has 0 radical (unpaired) electrons. The molecular formula is C18H29N5O3. The van der Waals surface area contributed by atoms with Crippen LogP contribution in [0.5, 0.6) is 0 Å². The molecule has 2 aliphatic heterocycles. The van der Waals surface area contributed by atoms with E-state index in [0.29, 0.717) is 44.0 Å². The smallest absolute Gasteiger partial charge is 0.271 e. The molecule has 144 valence electrons. The quantitative estimate of drug-likeness (QED) is 0.780. The van der Waals surface area contributed by atoms with Gasteiger partial charge >= 0.3 is 0 Å². The second-order valence-corrected chi connectivity index (χ2v) is 7.34. The average Bonchev–Trinajstić information content (AvgIpc) is 3.06. The number of nitrogens with zero attached hydrogens (tertiary/aromatic N) is 4. The number of likely N-dealkylation sites (tertiary alicyclic amines) is 1. The molecule has 1 aromatic heterocycles. The highest BCUT2D eigenvalue weighted by molar-refractivity contribution is 5.92. The molecule has 0 spiro atoms. The van der Waals surface area contributed by atoms with Gasteiger partial charge in [-0.15, -0.1) is 0 Å². The van der Waals surface area contributed by atoms with E-state index in [1.165, 1.54) is 6.42 Å². The summed E-state index contributed by atoms with van der Waals surface area (Å²) in [4.78, 5) is 29.0. The molecule has 0 aliphatic carbocycles. The van der Waals surface area contributed by atoms with Crippen molar-refractivity contribution in [2.45, 2.75) is 58.3 Å². The number of amides is 2. The van der Waals surface area contributed by atoms with Crippen molar-refractivity contribution in [1.82, 2.24) is 24.9 Å². The molecule has 1 saturated heterocycles. The van der Waals surface area contributed by atoms with Crippen molar-refractivity contribution in [3.8, 4) is 0 Å². The van der Waals surface area contributed by atoms with Gasteiger partial charge in [-0.05, 0) is 32.8 Å². The molecule has 0 bridgehead atoms. The Morgan fingerprint density at radius 1 is 1.27 bits per heavy atom. The molecule has 26 heavy (non-hydrogen) atoms. The van der Waals surface area contributed by atoms with Crippen molar-refractivity contribution in [3.05, 3.63) is 17.5 Å². The zero-order valence-corrected chi connectivity index (χ0v) is 15.6. The van der Waals surface area contributed by atoms with Gasteiger partial charge in [0, 0.05) is 25.2 Å². The Labute approximate surface area is 154 Å². The summed E-state index contributed by atoms with van der Waals surface area (Å²) in [6.07, 6.45) is 3.53. The van der Waals surface area contributed by atoms with Crippen molar-refractivity contribution in [3.63, 3.8) is 0 Å². The number of aliphatic hydroxyl groups is 1. The first-order valence-electron chi connectivity index (χ1n) is 9.49. The highest BCUT2D eigenvalue weighted by atomic mass is 16.3. The van der Waals surface area contributed by atoms with Crippen molar-refractivity contribution in [1.29, 1.82) is 0 Å². The number of carbonyl (C=O) groups excluding carboxylic acids is 2. The van der Waals surface area contributed by atoms with E-state index in [4.69, 9.17) is 5.11 Å². The van der Waals surface area contributed by atoms with Gasteiger partial charge in [-0.3, -0.25) is 19.2 Å². The van der Waals surface area contributed by atoms with Gasteiger partial charge in [-0.1, -0.05) is 6.42 Å². The molecule has 2 amide bonds. The van der Waals surface area contributed by atoms with Crippen LogP contribution in [0.1, 0.15) is 49.3 Å². The maximum absolute atomic E-state index is 12.8. The van der Waals surface area contributed by atoms with Crippen molar-refractivity contribution in [2.24, 2.45) is 0 Å². The van der Waals surface area contributed by atoms with Crippen LogP contribution in [0.2, 0.25) is 0 Å². The van der Waals surface area contributed by atoms with Crippen molar-refractivity contribution in [2.75, 3.05) is 26.2 Å². The summed E-state index contributed by atoms with van der Waals surface area (Å²) in [6.45, 7) is 6.65. The number of aromatic nitrogens is 2. The third kappa shape index (κ3) is 4.07. The van der Waals surface area contributed by atoms with E-state index in [-0.39, 0.29) is 25.0 Å². The van der Waals surface area contributed by atoms with E-state index < -0.39 is 0 Å². The van der Waals surface area contributed by atoms with E-state index in [1.54, 1.807) is 10.7 Å². The van der Waals surface area contributed by atoms with Crippen LogP contribution < -0.4 is 5.32 Å². The fraction of sp³-hybridized carbons (Fsp3) is 0.722. The van der Waals surface area contributed by atoms with Crippen LogP contribution in [0.4, 0.5) is 0 Å². The second kappa shape index (κ2) is 8.18. The van der Waals surface area contributed by atoms with E-state index >= 15 is 0 Å². The number of rotatable bonds is 5. The summed E-state index contributed by atoms with van der Waals surface area (Å²) in [6, 6.07) is 2.62. The lowest BCUT2D eigenvalue weighted by Crippen LogP contribution is -2.50. The van der Waals surface area contributed by atoms with Crippen LogP contribution in [0.15, 0.2) is 6.07 Å². The standard InChI is InChI=1S/C18H29N5O3/c1-13-4-3-5-14(2)22(13)12-17(25)21-7-8-23-15(11-21)10-16(20-23)18(26)19-6-9-24/h10,13-14,24H,3-9,11-12H2,1-2H3,(H,19,26)/t13-,14+. The van der Waals surface area contributed by atoms with Gasteiger partial charge in [0.2, 0.25) is 5.91 Å². The topological polar surface area (TPSA) is 90.7 Å². The van der Waals surface area contributed by atoms with Gasteiger partial charge in [-0.25, -0.2) is 0 Å². The molecule has 8 heteroatoms. The Kier molecular flexibility index (Phi) is 5.93. The molecule has 0 saturated carbocycles. The van der Waals surface area contributed by atoms with Gasteiger partial charge < -0.3 is 15.3 Å². The summed E-state index contributed by atoms with van der Waals surface area (Å²) in [5.74, 6) is -0.154. The number of aliphatic hydroxyl groups excluding tert-OH is 1. The van der Waals surface area contributed by atoms with E-state index in [2.05, 4.69) is 29.2 Å². The van der Waals surface area contributed by atoms with E-state index in [0.717, 1.165) is 18.5 Å². The summed E-state index contributed by atoms with van der Waals surface area (Å²) >= 11 is 0. The molecule has 1 aromatic rings. The van der Waals surface area contributed by atoms with Gasteiger partial charge in [0.15, 0.2) is 5.69 Å². The molecule has 2 atom stereocenters. The number of carbonyl (C=O) groups is 2. The zero-order chi connectivity index (χ0) is 18.7. The Bertz CT molecular complexity index is 649. The molecular weight excluding hydrogens is 334 g/mol. The average molecular weight is 363 g/mol. The lowest BCUT2D eigenvalue weighted by Gasteiger charge is -2.40. The van der Waals surface area contributed by atoms with E-state index in [9.17, 15) is 9.59 Å². The maximum atomic E-state index is 12.8. The molecule has 2 aliphatic rings. The minimum absolute atomic E-state index is 0.102. The molecule has 3 rings (SSSR count). The van der Waals surface area contributed by atoms with Gasteiger partial charge in [0.1, 0.15) is 0 Å². The number of hydrogen-bond acceptors (Lipinski definition) is 5. The Morgan fingerprint density at radius 2 is 2.00 bits per heavy atom. The first-order chi connectivity index (χ1) is 12.5. The molecule has 8 nitrogen and oxygen atoms in total. The molecule has 1 fully saturated rings. The Hall–Kier alpha value is -1.93. The molecule has 3 heterocycles. The number of piperidine rings is 1. The summed E-state index contributed by atoms with van der Waals surface area (Å²) in [7, 11) is 0. The molecule has 0 unspecified atom stereocenters. The van der Waals surface area contributed by atoms with Crippen LogP contribution in [0.25, 0.3) is 0 Å². The fourth-order valence-corrected chi connectivity index (χ4v) is 3.89. The van der Waals surface area contributed by atoms with E-state index in [1.807, 2.05) is 4.90 Å². The van der Waals surface area contributed by atoms with Crippen LogP contribution in [-0.2, 0) is 17.9 Å². The first kappa shape index (κ1) is 18.8. The number of hydrogen-bond donors (Lipinski definition) is 2. The first-order valence-corrected chi connectivity index (χ1v) is 9.49. The highest BCUT2D eigenvalue weighted by Gasteiger charge is 2.30. The predicted octanol–water partition coefficient (Wildman–Crippen LogP) is 0.210. The third-order valence-electron chi connectivity index (χ3n) is 5.47. The molecule has 2 N–H and O–H groups in total. The normalized spacial score (nSPS) is 23.6. The second-order valence-electron chi connectivity index (χ2n) is 7.34. The lowest BCUT2D eigenvalue weighted by atomic mass is 9.97. The van der Waals surface area contributed by atoms with Gasteiger partial charge in [0.05, 0.1) is 31.9 Å². The largest absolute Gasteiger partial charge is 0.395 e. The number of nitrogens with one attached hydrogen (secondary N) is 1. The lowest BCUT2D eigenvalue weighted by molar-refractivity contribution is -0.135. The van der Waals surface area contributed by atoms with Crippen LogP contribution >= 0.6 is 0 Å². The van der Waals surface area contributed by atoms with Crippen LogP contribution in [0.3, 0.4) is 0 Å². The highest BCUT2D eigenvalue weighted by Crippen LogP contribution is 2.23. The minimum Gasteiger partial charge on any atom is -0.395 e. The van der Waals surface area contributed by atoms with Crippen molar-refractivity contribution < 1.29 is 14.7 Å². The fourth-order valence-electron chi connectivity index (χ4n) is 3.89. The predicted molar refractivity (Wildman–Crippen MR) is 96.5 cm³/mol. The monoisotopic (exact) mass is 363 g/mol. The third-order valence-corrected chi connectivity index (χ3v) is 5.47. The molecule has 0 aromatic carbocycles. The minimum atomic E-state index is -0.296. The maximum Gasteiger partial charge on any atom is 0.271 e. The van der Waals surface area contributed by atoms with Crippen molar-refractivity contribution >= 4 is 11.8 Å². The van der Waals surface area contributed by atoms with Gasteiger partial charge in [0.25, 0.3) is 5.91 Å². The van der Waals surface area contributed by atoms with Crippen LogP contribution in [-0.4, -0.2) is 74.8 Å². The Balaban J connectivity index is 1.61. The Morgan fingerprint density at radius 3 is 2.69 bits per heavy atom. The van der Waals surface area contributed by atoms with Crippen LogP contribution in [0, 0.1) is 0 Å². The summed E-state index contributed by atoms with van der Waals surface area (Å²) in [5.41, 5.74) is 1.21. The summed E-state index contributed by atoms with van der Waals surface area (Å²) < 4.78 is 1.80.